The van der Waals surface area contributed by atoms with Gasteiger partial charge in [-0.15, -0.1) is 0 Å². The van der Waals surface area contributed by atoms with E-state index in [4.69, 9.17) is 4.43 Å². The summed E-state index contributed by atoms with van der Waals surface area (Å²) in [5.41, 5.74) is 0.426. The second kappa shape index (κ2) is 8.30. The molecular weight excluding hydrogens is 284 g/mol. The van der Waals surface area contributed by atoms with Gasteiger partial charge in [-0.2, -0.15) is 0 Å². The van der Waals surface area contributed by atoms with E-state index in [-0.39, 0.29) is 0 Å². The highest BCUT2D eigenvalue weighted by atomic mass is 28.3. The van der Waals surface area contributed by atoms with Crippen molar-refractivity contribution < 1.29 is 4.43 Å². The van der Waals surface area contributed by atoms with Crippen LogP contribution in [-0.4, -0.2) is 15.6 Å². The number of rotatable bonds is 7. The average molecular weight is 313 g/mol. The third kappa shape index (κ3) is 5.78. The van der Waals surface area contributed by atoms with E-state index < -0.39 is 9.04 Å². The first-order chi connectivity index (χ1) is 10.6. The fraction of sp³-hybridized carbons (Fsp3) is 0.400. The summed E-state index contributed by atoms with van der Waals surface area (Å²) in [4.78, 5) is 0. The van der Waals surface area contributed by atoms with E-state index in [2.05, 4.69) is 81.4 Å². The Hall–Kier alpha value is -1.38. The molecule has 2 heteroatoms. The first-order valence-corrected chi connectivity index (χ1v) is 9.90. The Morgan fingerprint density at radius 2 is 1.27 bits per heavy atom. The number of unbranched alkanes of at least 4 members (excludes halogenated alkanes) is 1. The molecule has 0 aliphatic heterocycles. The Kier molecular flexibility index (Phi) is 6.41. The lowest BCUT2D eigenvalue weighted by Gasteiger charge is -2.19. The summed E-state index contributed by atoms with van der Waals surface area (Å²) in [7, 11) is -1.54. The maximum absolute atomic E-state index is 6.37. The highest BCUT2D eigenvalue weighted by Crippen LogP contribution is 2.21. The number of benzene rings is 2. The van der Waals surface area contributed by atoms with E-state index in [9.17, 15) is 0 Å². The molecule has 118 valence electrons. The lowest BCUT2D eigenvalue weighted by molar-refractivity contribution is 0.294. The predicted molar refractivity (Wildman–Crippen MR) is 98.6 cm³/mol. The van der Waals surface area contributed by atoms with Crippen LogP contribution in [0.4, 0.5) is 0 Å². The Bertz CT molecular complexity index is 491. The van der Waals surface area contributed by atoms with Gasteiger partial charge in [-0.05, 0) is 28.6 Å². The Labute approximate surface area is 137 Å². The van der Waals surface area contributed by atoms with Crippen molar-refractivity contribution in [2.75, 3.05) is 6.61 Å². The second-order valence-corrected chi connectivity index (χ2v) is 9.52. The van der Waals surface area contributed by atoms with Gasteiger partial charge in [0, 0.05) is 6.61 Å². The molecule has 0 saturated carbocycles. The van der Waals surface area contributed by atoms with Gasteiger partial charge in [0.25, 0.3) is 0 Å². The van der Waals surface area contributed by atoms with Crippen LogP contribution in [0.3, 0.4) is 0 Å². The first kappa shape index (κ1) is 17.0. The minimum atomic E-state index is -1.54. The molecule has 0 fully saturated rings. The van der Waals surface area contributed by atoms with Crippen LogP contribution in [0.5, 0.6) is 0 Å². The van der Waals surface area contributed by atoms with Crippen molar-refractivity contribution in [3.8, 4) is 0 Å². The van der Waals surface area contributed by atoms with Gasteiger partial charge in [0.15, 0.2) is 0 Å². The zero-order valence-corrected chi connectivity index (χ0v) is 15.2. The highest BCUT2D eigenvalue weighted by molar-refractivity contribution is 6.80. The molecule has 2 aromatic rings. The van der Waals surface area contributed by atoms with E-state index >= 15 is 0 Å². The number of hydrogen-bond donors (Lipinski definition) is 0. The van der Waals surface area contributed by atoms with E-state index in [0.29, 0.717) is 5.41 Å². The van der Waals surface area contributed by atoms with Crippen LogP contribution < -0.4 is 10.4 Å². The molecule has 0 unspecified atom stereocenters. The molecule has 22 heavy (non-hydrogen) atoms. The summed E-state index contributed by atoms with van der Waals surface area (Å²) < 4.78 is 6.37. The normalized spacial score (nSPS) is 11.8. The van der Waals surface area contributed by atoms with Crippen molar-refractivity contribution in [1.29, 1.82) is 0 Å². The van der Waals surface area contributed by atoms with Crippen LogP contribution in [0.15, 0.2) is 60.7 Å². The van der Waals surface area contributed by atoms with Gasteiger partial charge in [-0.3, -0.25) is 0 Å². The molecule has 0 heterocycles. The third-order valence-electron chi connectivity index (χ3n) is 3.81. The van der Waals surface area contributed by atoms with Gasteiger partial charge >= 0.3 is 0 Å². The number of hydrogen-bond acceptors (Lipinski definition) is 1. The standard InChI is InChI=1S/C20H28OSi/c1-20(2,3)16-10-11-17-21-22(18-12-6-4-7-13-18)19-14-8-5-9-15-19/h4-9,12-15,22H,10-11,16-17H2,1-3H3. The molecule has 0 saturated heterocycles. The summed E-state index contributed by atoms with van der Waals surface area (Å²) in [5, 5.41) is 2.73. The van der Waals surface area contributed by atoms with Crippen molar-refractivity contribution in [2.45, 2.75) is 40.0 Å². The zero-order valence-electron chi connectivity index (χ0n) is 14.1. The molecule has 0 bridgehead atoms. The van der Waals surface area contributed by atoms with Crippen molar-refractivity contribution in [1.82, 2.24) is 0 Å². The van der Waals surface area contributed by atoms with Crippen molar-refractivity contribution >= 4 is 19.4 Å². The van der Waals surface area contributed by atoms with Crippen molar-refractivity contribution in [3.63, 3.8) is 0 Å². The van der Waals surface area contributed by atoms with Gasteiger partial charge in [0.05, 0.1) is 0 Å². The van der Waals surface area contributed by atoms with E-state index in [0.717, 1.165) is 13.0 Å². The van der Waals surface area contributed by atoms with Crippen LogP contribution in [-0.2, 0) is 4.43 Å². The van der Waals surface area contributed by atoms with Crippen molar-refractivity contribution in [2.24, 2.45) is 5.41 Å². The van der Waals surface area contributed by atoms with Gasteiger partial charge in [0.2, 0.25) is 9.04 Å². The Balaban J connectivity index is 1.95. The monoisotopic (exact) mass is 312 g/mol. The lowest BCUT2D eigenvalue weighted by Crippen LogP contribution is -2.45. The van der Waals surface area contributed by atoms with Gasteiger partial charge in [-0.25, -0.2) is 0 Å². The van der Waals surface area contributed by atoms with Crippen LogP contribution in [0.25, 0.3) is 0 Å². The topological polar surface area (TPSA) is 9.23 Å². The average Bonchev–Trinajstić information content (AvgIpc) is 2.51. The molecule has 0 spiro atoms. The Morgan fingerprint density at radius 3 is 1.73 bits per heavy atom. The van der Waals surface area contributed by atoms with E-state index in [1.54, 1.807) is 0 Å². The minimum Gasteiger partial charge on any atom is -0.411 e. The summed E-state index contributed by atoms with van der Waals surface area (Å²) in [6.07, 6.45) is 3.66. The Morgan fingerprint density at radius 1 is 0.773 bits per heavy atom. The predicted octanol–water partition coefficient (Wildman–Crippen LogP) is 3.76. The van der Waals surface area contributed by atoms with Crippen molar-refractivity contribution in [3.05, 3.63) is 60.7 Å². The molecule has 0 aliphatic rings. The van der Waals surface area contributed by atoms with Crippen LogP contribution in [0.1, 0.15) is 40.0 Å². The quantitative estimate of drug-likeness (QED) is 0.559. The van der Waals surface area contributed by atoms with E-state index in [1.807, 2.05) is 0 Å². The van der Waals surface area contributed by atoms with Gasteiger partial charge in [0.1, 0.15) is 0 Å². The zero-order chi connectivity index (χ0) is 15.8. The molecule has 0 aliphatic carbocycles. The minimum absolute atomic E-state index is 0.426. The molecule has 0 aromatic heterocycles. The SMILES string of the molecule is CC(C)(C)CCCCO[SiH](c1ccccc1)c1ccccc1. The van der Waals surface area contributed by atoms with Gasteiger partial charge in [-0.1, -0.05) is 87.9 Å². The molecule has 1 nitrogen and oxygen atoms in total. The van der Waals surface area contributed by atoms with Gasteiger partial charge < -0.3 is 4.43 Å². The van der Waals surface area contributed by atoms with Crippen LogP contribution in [0.2, 0.25) is 0 Å². The molecule has 0 radical (unpaired) electrons. The first-order valence-electron chi connectivity index (χ1n) is 8.28. The summed E-state index contributed by atoms with van der Waals surface area (Å²) >= 11 is 0. The third-order valence-corrected chi connectivity index (χ3v) is 6.36. The largest absolute Gasteiger partial charge is 0.411 e. The lowest BCUT2D eigenvalue weighted by atomic mass is 9.90. The smallest absolute Gasteiger partial charge is 0.239 e. The summed E-state index contributed by atoms with van der Waals surface area (Å²) in [5.74, 6) is 0. The molecule has 0 atom stereocenters. The maximum Gasteiger partial charge on any atom is 0.239 e. The molecule has 0 N–H and O–H groups in total. The molecular formula is C20H28OSi. The second-order valence-electron chi connectivity index (χ2n) is 7.09. The van der Waals surface area contributed by atoms with Crippen LogP contribution >= 0.6 is 0 Å². The summed E-state index contributed by atoms with van der Waals surface area (Å²) in [6, 6.07) is 21.4. The maximum atomic E-state index is 6.37. The molecule has 2 rings (SSSR count). The molecule has 2 aromatic carbocycles. The van der Waals surface area contributed by atoms with E-state index in [1.165, 1.54) is 23.2 Å². The highest BCUT2D eigenvalue weighted by Gasteiger charge is 2.17. The molecule has 0 amide bonds. The fourth-order valence-electron chi connectivity index (χ4n) is 2.60. The fourth-order valence-corrected chi connectivity index (χ4v) is 4.91. The van der Waals surface area contributed by atoms with Crippen LogP contribution in [0, 0.1) is 5.41 Å². The summed E-state index contributed by atoms with van der Waals surface area (Å²) in [6.45, 7) is 7.79.